The van der Waals surface area contributed by atoms with E-state index in [9.17, 15) is 22.8 Å². The molecule has 1 aliphatic heterocycles. The zero-order valence-electron chi connectivity index (χ0n) is 24.8. The molecule has 3 aromatic heterocycles. The molecule has 6 rings (SSSR count). The number of morpholine rings is 1. The van der Waals surface area contributed by atoms with Gasteiger partial charge in [-0.2, -0.15) is 18.3 Å². The molecular weight excluding hydrogens is 621 g/mol. The lowest BCUT2D eigenvalue weighted by Gasteiger charge is -2.28. The first kappa shape index (κ1) is 32.8. The normalized spacial score (nSPS) is 13.2. The second-order valence-electron chi connectivity index (χ2n) is 10.4. The molecule has 47 heavy (non-hydrogen) atoms. The van der Waals surface area contributed by atoms with Crippen LogP contribution in [0.25, 0.3) is 27.8 Å². The first-order chi connectivity index (χ1) is 22.5. The Morgan fingerprint density at radius 3 is 2.28 bits per heavy atom. The number of fused-ring (bicyclic) bond motifs is 2. The van der Waals surface area contributed by atoms with Crippen LogP contribution in [0.5, 0.6) is 0 Å². The van der Waals surface area contributed by atoms with E-state index in [1.54, 1.807) is 18.3 Å². The number of rotatable bonds is 8. The van der Waals surface area contributed by atoms with Gasteiger partial charge in [0.25, 0.3) is 5.91 Å². The maximum atomic E-state index is 12.4. The van der Waals surface area contributed by atoms with Gasteiger partial charge in [0.2, 0.25) is 0 Å². The minimum atomic E-state index is -5.08. The number of benzene rings is 2. The molecule has 4 heterocycles. The van der Waals surface area contributed by atoms with Gasteiger partial charge >= 0.3 is 18.1 Å². The number of carboxylic acid groups (broad SMARTS) is 2. The molecule has 1 saturated heterocycles. The van der Waals surface area contributed by atoms with Gasteiger partial charge in [-0.25, -0.2) is 14.3 Å². The number of alkyl halides is 3. The molecule has 1 aliphatic rings. The number of imidazole rings is 1. The third-order valence-corrected chi connectivity index (χ3v) is 7.26. The highest BCUT2D eigenvalue weighted by Gasteiger charge is 2.38. The molecule has 0 atom stereocenters. The summed E-state index contributed by atoms with van der Waals surface area (Å²) in [6.45, 7) is 2.44. The van der Waals surface area contributed by atoms with E-state index in [0.29, 0.717) is 31.6 Å². The minimum Gasteiger partial charge on any atom is -0.480 e. The number of carbonyl (C=O) groups is 3. The van der Waals surface area contributed by atoms with Crippen LogP contribution in [0.15, 0.2) is 72.9 Å². The predicted molar refractivity (Wildman–Crippen MR) is 164 cm³/mol. The standard InChI is InChI=1S/C30H28N6O4.C2HF3O2/c37-27(38)19-31-30(39)22-7-5-21(6-8-22)28-25(12-11-23-10-9-20-3-1-2-4-24(20)33-23)34-29-26(13-14-32-36(28)29)35-15-17-40-18-16-35;3-2(4,5)1(6)7/h1-10,13-14H,11-12,15-19H2,(H,31,39)(H,37,38);(H,6,7). The summed E-state index contributed by atoms with van der Waals surface area (Å²) in [5.41, 5.74) is 6.67. The van der Waals surface area contributed by atoms with Crippen molar-refractivity contribution in [2.75, 3.05) is 37.7 Å². The van der Waals surface area contributed by atoms with Crippen LogP contribution in [0, 0.1) is 0 Å². The summed E-state index contributed by atoms with van der Waals surface area (Å²) in [6.07, 6.45) is -1.96. The molecule has 0 radical (unpaired) electrons. The Bertz CT molecular complexity index is 1910. The van der Waals surface area contributed by atoms with E-state index >= 15 is 0 Å². The van der Waals surface area contributed by atoms with Crippen LogP contribution in [-0.4, -0.2) is 86.7 Å². The van der Waals surface area contributed by atoms with Crippen molar-refractivity contribution in [3.8, 4) is 11.3 Å². The Hall–Kier alpha value is -5.57. The third-order valence-electron chi connectivity index (χ3n) is 7.26. The van der Waals surface area contributed by atoms with Crippen molar-refractivity contribution in [2.45, 2.75) is 19.0 Å². The predicted octanol–water partition coefficient (Wildman–Crippen LogP) is 4.01. The van der Waals surface area contributed by atoms with Gasteiger partial charge in [0, 0.05) is 35.3 Å². The van der Waals surface area contributed by atoms with E-state index in [1.807, 2.05) is 40.9 Å². The average molecular weight is 651 g/mol. The van der Waals surface area contributed by atoms with Crippen molar-refractivity contribution >= 4 is 40.1 Å². The zero-order valence-corrected chi connectivity index (χ0v) is 24.8. The first-order valence-electron chi connectivity index (χ1n) is 14.5. The summed E-state index contributed by atoms with van der Waals surface area (Å²) in [4.78, 5) is 44.3. The van der Waals surface area contributed by atoms with Crippen molar-refractivity contribution in [2.24, 2.45) is 0 Å². The highest BCUT2D eigenvalue weighted by Crippen LogP contribution is 2.31. The number of nitrogens with one attached hydrogen (secondary N) is 1. The molecule has 0 bridgehead atoms. The Balaban J connectivity index is 0.000000559. The van der Waals surface area contributed by atoms with Gasteiger partial charge in [-0.15, -0.1) is 0 Å². The number of pyridine rings is 1. The largest absolute Gasteiger partial charge is 0.490 e. The van der Waals surface area contributed by atoms with E-state index in [1.165, 1.54) is 0 Å². The molecule has 0 unspecified atom stereocenters. The topological polar surface area (TPSA) is 159 Å². The second-order valence-corrected chi connectivity index (χ2v) is 10.4. The number of aryl methyl sites for hydroxylation is 2. The maximum absolute atomic E-state index is 12.4. The maximum Gasteiger partial charge on any atom is 0.490 e. The van der Waals surface area contributed by atoms with Crippen molar-refractivity contribution in [1.29, 1.82) is 0 Å². The van der Waals surface area contributed by atoms with E-state index in [-0.39, 0.29) is 0 Å². The molecule has 0 saturated carbocycles. The fourth-order valence-corrected chi connectivity index (χ4v) is 5.03. The monoisotopic (exact) mass is 650 g/mol. The summed E-state index contributed by atoms with van der Waals surface area (Å²) >= 11 is 0. The number of amides is 1. The van der Waals surface area contributed by atoms with E-state index in [2.05, 4.69) is 33.5 Å². The van der Waals surface area contributed by atoms with Crippen molar-refractivity contribution < 1.29 is 42.5 Å². The molecule has 1 fully saturated rings. The fraction of sp³-hybridized carbons (Fsp3) is 0.250. The third kappa shape index (κ3) is 7.99. The van der Waals surface area contributed by atoms with Crippen LogP contribution >= 0.6 is 0 Å². The number of halogens is 3. The van der Waals surface area contributed by atoms with Gasteiger partial charge in [-0.1, -0.05) is 36.4 Å². The van der Waals surface area contributed by atoms with Crippen LogP contribution < -0.4 is 10.2 Å². The van der Waals surface area contributed by atoms with E-state index in [4.69, 9.17) is 29.7 Å². The SMILES string of the molecule is O=C(O)C(F)(F)F.O=C(O)CNC(=O)c1ccc(-c2c(CCc3ccc4ccccc4n3)nc3c(N4CCOCC4)ccnn23)cc1. The Morgan fingerprint density at radius 2 is 1.60 bits per heavy atom. The number of carboxylic acids is 2. The van der Waals surface area contributed by atoms with Crippen LogP contribution in [0.1, 0.15) is 21.7 Å². The van der Waals surface area contributed by atoms with Gasteiger partial charge < -0.3 is 25.2 Å². The molecule has 1 amide bonds. The van der Waals surface area contributed by atoms with E-state index in [0.717, 1.165) is 58.0 Å². The summed E-state index contributed by atoms with van der Waals surface area (Å²) in [6, 6.07) is 21.3. The lowest BCUT2D eigenvalue weighted by atomic mass is 10.0. The van der Waals surface area contributed by atoms with Crippen LogP contribution in [0.3, 0.4) is 0 Å². The summed E-state index contributed by atoms with van der Waals surface area (Å²) in [5.74, 6) is -4.29. The number of carbonyl (C=O) groups excluding carboxylic acids is 1. The van der Waals surface area contributed by atoms with Gasteiger partial charge in [0.15, 0.2) is 5.65 Å². The highest BCUT2D eigenvalue weighted by atomic mass is 19.4. The molecule has 0 aliphatic carbocycles. The minimum absolute atomic E-state index is 0.377. The molecular formula is C32H29F3N6O6. The van der Waals surface area contributed by atoms with Gasteiger partial charge in [-0.05, 0) is 43.2 Å². The number of ether oxygens (including phenoxy) is 1. The van der Waals surface area contributed by atoms with Crippen LogP contribution in [-0.2, 0) is 27.2 Å². The Kier molecular flexibility index (Phi) is 9.94. The number of aliphatic carboxylic acids is 2. The van der Waals surface area contributed by atoms with Gasteiger partial charge in [-0.3, -0.25) is 14.6 Å². The number of hydrogen-bond acceptors (Lipinski definition) is 8. The van der Waals surface area contributed by atoms with Crippen LogP contribution in [0.4, 0.5) is 18.9 Å². The average Bonchev–Trinajstić information content (AvgIpc) is 3.45. The number of para-hydroxylation sites is 1. The molecule has 15 heteroatoms. The van der Waals surface area contributed by atoms with Gasteiger partial charge in [0.1, 0.15) is 6.54 Å². The summed E-state index contributed by atoms with van der Waals surface area (Å²) in [7, 11) is 0. The number of anilines is 1. The number of nitrogens with zero attached hydrogens (tertiary/aromatic N) is 5. The molecule has 2 aromatic carbocycles. The molecule has 0 spiro atoms. The van der Waals surface area contributed by atoms with Crippen LogP contribution in [0.2, 0.25) is 0 Å². The summed E-state index contributed by atoms with van der Waals surface area (Å²) in [5, 5.41) is 24.2. The van der Waals surface area contributed by atoms with E-state index < -0.39 is 30.6 Å². The van der Waals surface area contributed by atoms with Crippen molar-refractivity contribution in [3.05, 3.63) is 89.9 Å². The second kappa shape index (κ2) is 14.2. The molecule has 5 aromatic rings. The Labute approximate surface area is 265 Å². The fourth-order valence-electron chi connectivity index (χ4n) is 5.03. The quantitative estimate of drug-likeness (QED) is 0.224. The Morgan fingerprint density at radius 1 is 0.894 bits per heavy atom. The molecule has 12 nitrogen and oxygen atoms in total. The lowest BCUT2D eigenvalue weighted by Crippen LogP contribution is -2.36. The first-order valence-corrected chi connectivity index (χ1v) is 14.5. The van der Waals surface area contributed by atoms with Crippen molar-refractivity contribution in [1.82, 2.24) is 24.9 Å². The smallest absolute Gasteiger partial charge is 0.480 e. The lowest BCUT2D eigenvalue weighted by molar-refractivity contribution is -0.192. The number of hydrogen-bond donors (Lipinski definition) is 3. The van der Waals surface area contributed by atoms with Crippen molar-refractivity contribution in [3.63, 3.8) is 0 Å². The number of aromatic nitrogens is 4. The highest BCUT2D eigenvalue weighted by molar-refractivity contribution is 5.96. The molecule has 3 N–H and O–H groups in total. The summed E-state index contributed by atoms with van der Waals surface area (Å²) < 4.78 is 39.2. The van der Waals surface area contributed by atoms with Gasteiger partial charge in [0.05, 0.1) is 42.0 Å². The molecule has 244 valence electrons. The zero-order chi connectivity index (χ0) is 33.6.